The molecule has 0 radical (unpaired) electrons. The Labute approximate surface area is 58.0 Å². The zero-order chi connectivity index (χ0) is 2.00. The van der Waals surface area contributed by atoms with Crippen molar-refractivity contribution in [2.45, 2.75) is 0 Å². The molecule has 1 unspecified atom stereocenters. The van der Waals surface area contributed by atoms with Gasteiger partial charge in [0.1, 0.15) is 7.57 Å². The average molecular weight is 347 g/mol. The molecule has 0 fully saturated rings. The Morgan fingerprint density at radius 1 is 1.25 bits per heavy atom. The van der Waals surface area contributed by atoms with Crippen molar-refractivity contribution in [3.8, 4) is 0 Å². The summed E-state index contributed by atoms with van der Waals surface area (Å²) in [5, 5.41) is 0. The fraction of sp³-hybridized carbons (Fsp3) is 0. The summed E-state index contributed by atoms with van der Waals surface area (Å²) in [5.74, 6) is 0. The second-order valence-corrected chi connectivity index (χ2v) is 0. The van der Waals surface area contributed by atoms with Crippen LogP contribution in [0.25, 0.3) is 0 Å². The Kier molecular flexibility index (Phi) is 89.1. The molecular weight excluding hydrogens is 343 g/mol. The van der Waals surface area contributed by atoms with Crippen LogP contribution < -0.4 is 0 Å². The zero-order valence-electron chi connectivity index (χ0n) is 2.21. The van der Waals surface area contributed by atoms with Gasteiger partial charge in [-0.15, -0.1) is 0 Å². The molecule has 0 aromatic heterocycles. The first-order valence-corrected chi connectivity index (χ1v) is 1.73. The van der Waals surface area contributed by atoms with E-state index in [0.29, 0.717) is 0 Å². The van der Waals surface area contributed by atoms with Crippen molar-refractivity contribution >= 4 is 16.7 Å². The molecular formula is H4BPPdPt. The quantitative estimate of drug-likeness (QED) is 0.406. The second kappa shape index (κ2) is 21.0. The minimum Gasteiger partial charge on any atom is -0.179 e. The minimum absolute atomic E-state index is 0. The van der Waals surface area contributed by atoms with Crippen molar-refractivity contribution in [3.05, 3.63) is 0 Å². The summed E-state index contributed by atoms with van der Waals surface area (Å²) < 4.78 is 0. The SMILES string of the molecule is BP.[Pd].[Pt]. The largest absolute Gasteiger partial charge is 0.179 e. The molecule has 0 aliphatic rings. The Bertz CT molecular complexity index is 8.00. The Balaban J connectivity index is -0.00000000500. The molecule has 32 valence electrons. The van der Waals surface area contributed by atoms with Gasteiger partial charge < -0.3 is 0 Å². The minimum atomic E-state index is 0. The van der Waals surface area contributed by atoms with Crippen molar-refractivity contribution in [3.63, 3.8) is 0 Å². The molecule has 0 saturated heterocycles. The van der Waals surface area contributed by atoms with Crippen LogP contribution in [-0.2, 0) is 41.5 Å². The standard InChI is InChI=1S/BH4P.Pd.Pt/c1-2;;/h1-2H2;;. The van der Waals surface area contributed by atoms with Crippen LogP contribution >= 0.6 is 9.12 Å². The molecule has 4 heteroatoms. The number of rotatable bonds is 0. The van der Waals surface area contributed by atoms with E-state index < -0.39 is 0 Å². The van der Waals surface area contributed by atoms with E-state index in [0.717, 1.165) is 0 Å². The van der Waals surface area contributed by atoms with Crippen molar-refractivity contribution < 1.29 is 41.5 Å². The molecule has 0 aliphatic carbocycles. The summed E-state index contributed by atoms with van der Waals surface area (Å²) in [7, 11) is 4.33. The maximum absolute atomic E-state index is 2.42. The van der Waals surface area contributed by atoms with Crippen LogP contribution in [0.3, 0.4) is 0 Å². The first-order valence-electron chi connectivity index (χ1n) is 0.577. The fourth-order valence-electron chi connectivity index (χ4n) is 0. The molecule has 0 bridgehead atoms. The molecule has 0 spiro atoms. The first kappa shape index (κ1) is 17.0. The van der Waals surface area contributed by atoms with Crippen LogP contribution in [0.5, 0.6) is 0 Å². The summed E-state index contributed by atoms with van der Waals surface area (Å²) in [4.78, 5) is 0. The van der Waals surface area contributed by atoms with Gasteiger partial charge in [-0.2, -0.15) is 9.12 Å². The van der Waals surface area contributed by atoms with Crippen LogP contribution in [0, 0.1) is 0 Å². The molecule has 4 heavy (non-hydrogen) atoms. The van der Waals surface area contributed by atoms with E-state index in [4.69, 9.17) is 0 Å². The average Bonchev–Trinajstić information content (AvgIpc) is 1.00. The third-order valence-corrected chi connectivity index (χ3v) is 0. The van der Waals surface area contributed by atoms with Gasteiger partial charge in [0.2, 0.25) is 0 Å². The molecule has 0 N–H and O–H groups in total. The van der Waals surface area contributed by atoms with Crippen LogP contribution in [0.15, 0.2) is 0 Å². The van der Waals surface area contributed by atoms with Crippen LogP contribution in [0.1, 0.15) is 0 Å². The van der Waals surface area contributed by atoms with Gasteiger partial charge in [-0.1, -0.05) is 0 Å². The Hall–Kier alpha value is 1.85. The predicted octanol–water partition coefficient (Wildman–Crippen LogP) is -0.595. The topological polar surface area (TPSA) is 0 Å². The van der Waals surface area contributed by atoms with Crippen molar-refractivity contribution in [1.29, 1.82) is 0 Å². The first-order chi connectivity index (χ1) is 1.00. The van der Waals surface area contributed by atoms with Crippen LogP contribution in [0.4, 0.5) is 0 Å². The van der Waals surface area contributed by atoms with E-state index in [-0.39, 0.29) is 41.5 Å². The molecule has 0 aromatic rings. The van der Waals surface area contributed by atoms with Gasteiger partial charge in [0, 0.05) is 41.5 Å². The molecule has 0 aliphatic heterocycles. The monoisotopic (exact) mass is 347 g/mol. The van der Waals surface area contributed by atoms with Gasteiger partial charge in [-0.25, -0.2) is 0 Å². The van der Waals surface area contributed by atoms with Crippen molar-refractivity contribution in [2.75, 3.05) is 0 Å². The maximum Gasteiger partial charge on any atom is 0.126 e. The van der Waals surface area contributed by atoms with Gasteiger partial charge in [-0.05, 0) is 0 Å². The molecule has 1 atom stereocenters. The van der Waals surface area contributed by atoms with E-state index in [9.17, 15) is 0 Å². The van der Waals surface area contributed by atoms with Gasteiger partial charge in [0.15, 0.2) is 0 Å². The van der Waals surface area contributed by atoms with Gasteiger partial charge >= 0.3 is 0 Å². The molecule has 0 aromatic carbocycles. The van der Waals surface area contributed by atoms with E-state index in [1.54, 1.807) is 0 Å². The normalized spacial score (nSPS) is 1.25. The van der Waals surface area contributed by atoms with Crippen LogP contribution in [-0.4, -0.2) is 7.57 Å². The van der Waals surface area contributed by atoms with E-state index in [1.165, 1.54) is 0 Å². The van der Waals surface area contributed by atoms with Crippen molar-refractivity contribution in [1.82, 2.24) is 0 Å². The summed E-state index contributed by atoms with van der Waals surface area (Å²) in [6, 6.07) is 0. The van der Waals surface area contributed by atoms with Gasteiger partial charge in [0.25, 0.3) is 0 Å². The second-order valence-electron chi connectivity index (χ2n) is 0. The van der Waals surface area contributed by atoms with Gasteiger partial charge in [0.05, 0.1) is 0 Å². The smallest absolute Gasteiger partial charge is 0.126 e. The van der Waals surface area contributed by atoms with E-state index in [2.05, 4.69) is 9.12 Å². The molecule has 0 nitrogen and oxygen atoms in total. The predicted molar refractivity (Wildman–Crippen MR) is 18.3 cm³/mol. The molecule has 0 amide bonds. The number of hydrogen-bond donors (Lipinski definition) is 0. The van der Waals surface area contributed by atoms with E-state index in [1.807, 2.05) is 7.57 Å². The Morgan fingerprint density at radius 3 is 1.25 bits per heavy atom. The third kappa shape index (κ3) is 9.14. The van der Waals surface area contributed by atoms with Gasteiger partial charge in [-0.3, -0.25) is 0 Å². The molecule has 0 saturated carbocycles. The Morgan fingerprint density at radius 2 is 1.25 bits per heavy atom. The molecule has 0 rings (SSSR count). The summed E-state index contributed by atoms with van der Waals surface area (Å²) in [6.07, 6.45) is 0. The number of hydrogen-bond acceptors (Lipinski definition) is 0. The summed E-state index contributed by atoms with van der Waals surface area (Å²) in [5.41, 5.74) is 0. The fourth-order valence-corrected chi connectivity index (χ4v) is 0. The third-order valence-electron chi connectivity index (χ3n) is 0. The molecule has 0 heterocycles. The zero-order valence-corrected chi connectivity index (χ0v) is 7.19. The summed E-state index contributed by atoms with van der Waals surface area (Å²) in [6.45, 7) is 0. The van der Waals surface area contributed by atoms with Crippen LogP contribution in [0.2, 0.25) is 0 Å². The van der Waals surface area contributed by atoms with Crippen molar-refractivity contribution in [2.24, 2.45) is 0 Å². The summed E-state index contributed by atoms with van der Waals surface area (Å²) >= 11 is 0. The van der Waals surface area contributed by atoms with E-state index >= 15 is 0 Å². The maximum atomic E-state index is 2.42.